The highest BCUT2D eigenvalue weighted by Crippen LogP contribution is 2.30. The highest BCUT2D eigenvalue weighted by molar-refractivity contribution is 7.09. The molecular formula is C20H20N2OS. The van der Waals surface area contributed by atoms with Crippen LogP contribution in [0.2, 0.25) is 0 Å². The lowest BCUT2D eigenvalue weighted by atomic mass is 9.95. The molecule has 0 spiro atoms. The molecule has 0 unspecified atom stereocenters. The van der Waals surface area contributed by atoms with E-state index in [1.165, 1.54) is 0 Å². The smallest absolute Gasteiger partial charge is 0.231 e. The molecule has 1 amide bonds. The van der Waals surface area contributed by atoms with Crippen LogP contribution in [-0.4, -0.2) is 10.9 Å². The van der Waals surface area contributed by atoms with Gasteiger partial charge in [-0.15, -0.1) is 11.3 Å². The molecule has 1 N–H and O–H groups in total. The number of para-hydroxylation sites is 1. The Balaban J connectivity index is 1.87. The zero-order valence-electron chi connectivity index (χ0n) is 13.8. The highest BCUT2D eigenvalue weighted by Gasteiger charge is 2.20. The molecule has 122 valence electrons. The number of aromatic nitrogens is 1. The number of benzene rings is 2. The van der Waals surface area contributed by atoms with Crippen molar-refractivity contribution < 1.29 is 4.79 Å². The Morgan fingerprint density at radius 3 is 2.50 bits per heavy atom. The van der Waals surface area contributed by atoms with Gasteiger partial charge in [0.1, 0.15) is 0 Å². The van der Waals surface area contributed by atoms with Gasteiger partial charge in [-0.05, 0) is 25.0 Å². The monoisotopic (exact) mass is 336 g/mol. The number of amides is 1. The average Bonchev–Trinajstić information content (AvgIpc) is 3.03. The van der Waals surface area contributed by atoms with Crippen LogP contribution in [0.3, 0.4) is 0 Å². The van der Waals surface area contributed by atoms with Crippen molar-refractivity contribution in [3.05, 3.63) is 70.5 Å². The van der Waals surface area contributed by atoms with Crippen LogP contribution in [-0.2, 0) is 4.79 Å². The van der Waals surface area contributed by atoms with Crippen molar-refractivity contribution >= 4 is 22.9 Å². The first kappa shape index (κ1) is 16.4. The van der Waals surface area contributed by atoms with Crippen LogP contribution in [0, 0.1) is 6.92 Å². The average molecular weight is 336 g/mol. The molecule has 4 heteroatoms. The third-order valence-electron chi connectivity index (χ3n) is 4.01. The molecule has 0 fully saturated rings. The van der Waals surface area contributed by atoms with Gasteiger partial charge in [0.05, 0.1) is 22.3 Å². The van der Waals surface area contributed by atoms with E-state index in [0.717, 1.165) is 33.9 Å². The summed E-state index contributed by atoms with van der Waals surface area (Å²) in [5, 5.41) is 6.13. The number of rotatable bonds is 5. The standard InChI is InChI=1S/C20H20N2OS/c1-3-16(15-9-5-4-6-10-15)20(23)22-18-12-8-7-11-17(18)19-13-24-14(2)21-19/h4-13,16H,3H2,1-2H3,(H,22,23)/t16-/m0/s1. The second kappa shape index (κ2) is 7.41. The Labute approximate surface area is 146 Å². The van der Waals surface area contributed by atoms with Crippen molar-refractivity contribution in [1.82, 2.24) is 4.98 Å². The van der Waals surface area contributed by atoms with Crippen LogP contribution >= 0.6 is 11.3 Å². The first-order valence-corrected chi connectivity index (χ1v) is 8.94. The van der Waals surface area contributed by atoms with Gasteiger partial charge in [-0.3, -0.25) is 4.79 Å². The van der Waals surface area contributed by atoms with Gasteiger partial charge in [0.25, 0.3) is 0 Å². The minimum atomic E-state index is -0.156. The van der Waals surface area contributed by atoms with E-state index in [1.54, 1.807) is 11.3 Å². The summed E-state index contributed by atoms with van der Waals surface area (Å²) in [7, 11) is 0. The number of carbonyl (C=O) groups is 1. The van der Waals surface area contributed by atoms with Crippen LogP contribution < -0.4 is 5.32 Å². The molecule has 2 aromatic carbocycles. The maximum absolute atomic E-state index is 12.8. The van der Waals surface area contributed by atoms with E-state index in [0.29, 0.717) is 0 Å². The molecule has 0 saturated heterocycles. The van der Waals surface area contributed by atoms with Gasteiger partial charge < -0.3 is 5.32 Å². The molecule has 0 aliphatic rings. The van der Waals surface area contributed by atoms with Crippen LogP contribution in [0.5, 0.6) is 0 Å². The van der Waals surface area contributed by atoms with Crippen molar-refractivity contribution in [3.8, 4) is 11.3 Å². The van der Waals surface area contributed by atoms with Crippen LogP contribution in [0.1, 0.15) is 29.8 Å². The van der Waals surface area contributed by atoms with Crippen LogP contribution in [0.4, 0.5) is 5.69 Å². The van der Waals surface area contributed by atoms with Gasteiger partial charge in [0.15, 0.2) is 0 Å². The lowest BCUT2D eigenvalue weighted by Gasteiger charge is -2.17. The largest absolute Gasteiger partial charge is 0.325 e. The minimum Gasteiger partial charge on any atom is -0.325 e. The van der Waals surface area contributed by atoms with E-state index in [2.05, 4.69) is 10.3 Å². The predicted octanol–water partition coefficient (Wildman–Crippen LogP) is 5.25. The van der Waals surface area contributed by atoms with Gasteiger partial charge in [0, 0.05) is 10.9 Å². The number of nitrogens with zero attached hydrogens (tertiary/aromatic N) is 1. The van der Waals surface area contributed by atoms with Gasteiger partial charge in [-0.1, -0.05) is 55.5 Å². The van der Waals surface area contributed by atoms with Crippen molar-refractivity contribution in [2.24, 2.45) is 0 Å². The van der Waals surface area contributed by atoms with Crippen molar-refractivity contribution in [2.75, 3.05) is 5.32 Å². The summed E-state index contributed by atoms with van der Waals surface area (Å²) in [6.07, 6.45) is 0.758. The van der Waals surface area contributed by atoms with Crippen molar-refractivity contribution in [3.63, 3.8) is 0 Å². The van der Waals surface area contributed by atoms with Gasteiger partial charge in [0.2, 0.25) is 5.91 Å². The zero-order chi connectivity index (χ0) is 16.9. The third kappa shape index (κ3) is 3.54. The Morgan fingerprint density at radius 1 is 1.12 bits per heavy atom. The second-order valence-electron chi connectivity index (χ2n) is 5.66. The molecular weight excluding hydrogens is 316 g/mol. The summed E-state index contributed by atoms with van der Waals surface area (Å²) < 4.78 is 0. The van der Waals surface area contributed by atoms with E-state index in [9.17, 15) is 4.79 Å². The number of thiazole rings is 1. The number of nitrogens with one attached hydrogen (secondary N) is 1. The summed E-state index contributed by atoms with van der Waals surface area (Å²) in [4.78, 5) is 17.3. The molecule has 3 nitrogen and oxygen atoms in total. The first-order chi connectivity index (χ1) is 11.7. The molecule has 1 atom stereocenters. The molecule has 0 radical (unpaired) electrons. The quantitative estimate of drug-likeness (QED) is 0.691. The summed E-state index contributed by atoms with van der Waals surface area (Å²) in [5.74, 6) is -0.139. The predicted molar refractivity (Wildman–Crippen MR) is 100 cm³/mol. The Kier molecular flexibility index (Phi) is 5.06. The van der Waals surface area contributed by atoms with E-state index in [-0.39, 0.29) is 11.8 Å². The molecule has 3 aromatic rings. The van der Waals surface area contributed by atoms with E-state index < -0.39 is 0 Å². The fourth-order valence-electron chi connectivity index (χ4n) is 2.78. The lowest BCUT2D eigenvalue weighted by Crippen LogP contribution is -2.21. The second-order valence-corrected chi connectivity index (χ2v) is 6.72. The SMILES string of the molecule is CC[C@H](C(=O)Nc1ccccc1-c1csc(C)n1)c1ccccc1. The first-order valence-electron chi connectivity index (χ1n) is 8.06. The Bertz CT molecular complexity index is 826. The molecule has 0 saturated carbocycles. The minimum absolute atomic E-state index is 0.0168. The molecule has 0 aliphatic heterocycles. The highest BCUT2D eigenvalue weighted by atomic mass is 32.1. The lowest BCUT2D eigenvalue weighted by molar-refractivity contribution is -0.117. The molecule has 0 bridgehead atoms. The Hall–Kier alpha value is -2.46. The number of hydrogen-bond donors (Lipinski definition) is 1. The van der Waals surface area contributed by atoms with E-state index in [1.807, 2.05) is 73.8 Å². The molecule has 0 aliphatic carbocycles. The van der Waals surface area contributed by atoms with Crippen molar-refractivity contribution in [2.45, 2.75) is 26.2 Å². The van der Waals surface area contributed by atoms with Gasteiger partial charge in [-0.2, -0.15) is 0 Å². The summed E-state index contributed by atoms with van der Waals surface area (Å²) >= 11 is 1.61. The molecule has 1 aromatic heterocycles. The Morgan fingerprint density at radius 2 is 1.83 bits per heavy atom. The molecule has 3 rings (SSSR count). The number of anilines is 1. The van der Waals surface area contributed by atoms with Crippen molar-refractivity contribution in [1.29, 1.82) is 0 Å². The summed E-state index contributed by atoms with van der Waals surface area (Å²) in [6, 6.07) is 17.7. The number of hydrogen-bond acceptors (Lipinski definition) is 3. The fraction of sp³-hybridized carbons (Fsp3) is 0.200. The van der Waals surface area contributed by atoms with E-state index in [4.69, 9.17) is 0 Å². The molecule has 1 heterocycles. The summed E-state index contributed by atoms with van der Waals surface area (Å²) in [5.41, 5.74) is 3.71. The number of aryl methyl sites for hydroxylation is 1. The maximum Gasteiger partial charge on any atom is 0.231 e. The van der Waals surface area contributed by atoms with Crippen LogP contribution in [0.25, 0.3) is 11.3 Å². The number of carbonyl (C=O) groups excluding carboxylic acids is 1. The normalized spacial score (nSPS) is 11.9. The van der Waals surface area contributed by atoms with E-state index >= 15 is 0 Å². The van der Waals surface area contributed by atoms with Crippen LogP contribution in [0.15, 0.2) is 60.0 Å². The maximum atomic E-state index is 12.8. The molecule has 24 heavy (non-hydrogen) atoms. The van der Waals surface area contributed by atoms with Gasteiger partial charge >= 0.3 is 0 Å². The fourth-order valence-corrected chi connectivity index (χ4v) is 3.39. The summed E-state index contributed by atoms with van der Waals surface area (Å²) in [6.45, 7) is 4.02. The topological polar surface area (TPSA) is 42.0 Å². The van der Waals surface area contributed by atoms with Gasteiger partial charge in [-0.25, -0.2) is 4.98 Å². The zero-order valence-corrected chi connectivity index (χ0v) is 14.6. The third-order valence-corrected chi connectivity index (χ3v) is 4.78.